The molecule has 44 heavy (non-hydrogen) atoms. The molecular weight excluding hydrogens is 645 g/mol. The van der Waals surface area contributed by atoms with Crippen LogP contribution in [0.3, 0.4) is 0 Å². The molecule has 0 saturated carbocycles. The number of methoxy groups -OCH3 is 2. The highest BCUT2D eigenvalue weighted by Gasteiger charge is 2.45. The first kappa shape index (κ1) is 34.2. The summed E-state index contributed by atoms with van der Waals surface area (Å²) >= 11 is 2.86. The first-order valence-corrected chi connectivity index (χ1v) is 18.5. The third kappa shape index (κ3) is 7.75. The van der Waals surface area contributed by atoms with E-state index in [1.54, 1.807) is 52.3 Å². The molecule has 2 amide bonds. The quantitative estimate of drug-likeness (QED) is 0.215. The largest absolute Gasteiger partial charge is 0.497 e. The van der Waals surface area contributed by atoms with Crippen LogP contribution in [0.4, 0.5) is 0 Å². The molecule has 4 rings (SSSR count). The van der Waals surface area contributed by atoms with Gasteiger partial charge in [-0.05, 0) is 35.4 Å². The van der Waals surface area contributed by atoms with Gasteiger partial charge in [0.05, 0.1) is 14.2 Å². The van der Waals surface area contributed by atoms with Crippen LogP contribution < -0.4 is 9.47 Å². The molecule has 2 heterocycles. The fraction of sp³-hybridized carbons (Fsp3) is 0.467. The number of carbonyl (C=O) groups is 4. The maximum atomic E-state index is 13.6. The van der Waals surface area contributed by atoms with Crippen LogP contribution in [0, 0.1) is 11.8 Å². The van der Waals surface area contributed by atoms with E-state index in [2.05, 4.69) is 0 Å². The molecule has 6 atom stereocenters. The smallest absolute Gasteiger partial charge is 0.327 e. The molecule has 0 aromatic heterocycles. The summed E-state index contributed by atoms with van der Waals surface area (Å²) in [6.07, 6.45) is 0. The average Bonchev–Trinajstić information content (AvgIpc) is 3.68. The Labute approximate surface area is 273 Å². The summed E-state index contributed by atoms with van der Waals surface area (Å²) in [5, 5.41) is 18.8. The van der Waals surface area contributed by atoms with Gasteiger partial charge < -0.3 is 29.5 Å². The van der Waals surface area contributed by atoms with Gasteiger partial charge in [-0.25, -0.2) is 9.59 Å². The molecule has 2 aliphatic heterocycles. The second-order valence-electron chi connectivity index (χ2n) is 10.5. The Morgan fingerprint density at radius 2 is 1.07 bits per heavy atom. The van der Waals surface area contributed by atoms with E-state index in [1.807, 2.05) is 24.3 Å². The number of hydrogen-bond acceptors (Lipinski definition) is 10. The molecule has 0 bridgehead atoms. The third-order valence-corrected chi connectivity index (χ3v) is 12.8. The molecule has 2 saturated heterocycles. The van der Waals surface area contributed by atoms with Crippen molar-refractivity contribution in [3.63, 3.8) is 0 Å². The van der Waals surface area contributed by atoms with Crippen molar-refractivity contribution in [2.75, 3.05) is 37.2 Å². The molecule has 0 radical (unpaired) electrons. The Morgan fingerprint density at radius 1 is 0.727 bits per heavy atom. The van der Waals surface area contributed by atoms with Gasteiger partial charge in [-0.15, -0.1) is 23.5 Å². The Morgan fingerprint density at radius 3 is 1.36 bits per heavy atom. The van der Waals surface area contributed by atoms with Crippen LogP contribution in [0.2, 0.25) is 0 Å². The van der Waals surface area contributed by atoms with Gasteiger partial charge in [0, 0.05) is 34.8 Å². The number of thioether (sulfide) groups is 2. The number of amides is 2. The predicted molar refractivity (Wildman–Crippen MR) is 176 cm³/mol. The van der Waals surface area contributed by atoms with Crippen LogP contribution in [0.1, 0.15) is 35.7 Å². The zero-order chi connectivity index (χ0) is 32.0. The number of ether oxygens (including phenoxy) is 2. The lowest BCUT2D eigenvalue weighted by Crippen LogP contribution is -2.45. The second-order valence-corrected chi connectivity index (χ2v) is 15.3. The molecule has 0 spiro atoms. The van der Waals surface area contributed by atoms with Gasteiger partial charge in [0.25, 0.3) is 0 Å². The Bertz CT molecular complexity index is 1230. The van der Waals surface area contributed by atoms with Crippen LogP contribution in [0.25, 0.3) is 0 Å². The monoisotopic (exact) mass is 680 g/mol. The van der Waals surface area contributed by atoms with Crippen molar-refractivity contribution in [3.8, 4) is 11.5 Å². The Kier molecular flexibility index (Phi) is 12.1. The van der Waals surface area contributed by atoms with E-state index in [0.717, 1.165) is 11.1 Å². The van der Waals surface area contributed by atoms with Crippen LogP contribution in [0.5, 0.6) is 11.5 Å². The fourth-order valence-electron chi connectivity index (χ4n) is 4.93. The molecular formula is C30H36N2O8S4. The van der Waals surface area contributed by atoms with Crippen LogP contribution >= 0.6 is 45.1 Å². The van der Waals surface area contributed by atoms with Gasteiger partial charge in [0.2, 0.25) is 11.8 Å². The Hall–Kier alpha value is -2.68. The lowest BCUT2D eigenvalue weighted by atomic mass is 10.1. The molecule has 10 nitrogen and oxygen atoms in total. The SMILES string of the molecule is COc1ccc(C2SC[C@@H](C(=O)O)N2C(=O)[C@H](C)CSSC[C@@H](C)C(=O)N2C(c3ccc(OC)cc3)SC[C@H]2C(=O)O)cc1. The number of carbonyl (C=O) groups excluding carboxylic acids is 2. The number of benzene rings is 2. The van der Waals surface area contributed by atoms with Crippen molar-refractivity contribution in [1.82, 2.24) is 9.80 Å². The van der Waals surface area contributed by atoms with Gasteiger partial charge in [0.1, 0.15) is 34.3 Å². The lowest BCUT2D eigenvalue weighted by Gasteiger charge is -2.30. The molecule has 238 valence electrons. The van der Waals surface area contributed by atoms with E-state index < -0.39 is 46.6 Å². The van der Waals surface area contributed by atoms with Gasteiger partial charge in [-0.1, -0.05) is 59.7 Å². The molecule has 2 N–H and O–H groups in total. The third-order valence-electron chi connectivity index (χ3n) is 7.44. The topological polar surface area (TPSA) is 134 Å². The van der Waals surface area contributed by atoms with E-state index in [-0.39, 0.29) is 11.8 Å². The zero-order valence-electron chi connectivity index (χ0n) is 24.8. The van der Waals surface area contributed by atoms with Crippen molar-refractivity contribution in [3.05, 3.63) is 59.7 Å². The summed E-state index contributed by atoms with van der Waals surface area (Å²) in [5.41, 5.74) is 1.67. The first-order chi connectivity index (χ1) is 21.1. The fourth-order valence-corrected chi connectivity index (χ4v) is 10.5. The van der Waals surface area contributed by atoms with E-state index in [0.29, 0.717) is 34.5 Å². The van der Waals surface area contributed by atoms with Crippen LogP contribution in [0.15, 0.2) is 48.5 Å². The van der Waals surface area contributed by atoms with Crippen molar-refractivity contribution in [2.24, 2.45) is 11.8 Å². The first-order valence-electron chi connectivity index (χ1n) is 13.9. The number of carboxylic acid groups (broad SMARTS) is 2. The van der Waals surface area contributed by atoms with E-state index in [1.165, 1.54) is 54.9 Å². The number of carboxylic acids is 2. The number of aliphatic carboxylic acids is 2. The van der Waals surface area contributed by atoms with Crippen molar-refractivity contribution >= 4 is 68.9 Å². The van der Waals surface area contributed by atoms with Gasteiger partial charge in [-0.3, -0.25) is 9.59 Å². The van der Waals surface area contributed by atoms with Crippen molar-refractivity contribution in [2.45, 2.75) is 36.7 Å². The molecule has 2 unspecified atom stereocenters. The summed E-state index contributed by atoms with van der Waals surface area (Å²) in [6.45, 7) is 3.58. The number of hydrogen-bond donors (Lipinski definition) is 2. The summed E-state index contributed by atoms with van der Waals surface area (Å²) in [4.78, 5) is 54.1. The van der Waals surface area contributed by atoms with E-state index in [9.17, 15) is 29.4 Å². The molecule has 2 aromatic carbocycles. The minimum atomic E-state index is -1.03. The normalized spacial score (nSPS) is 22.8. The predicted octanol–water partition coefficient (Wildman–Crippen LogP) is 5.11. The summed E-state index contributed by atoms with van der Waals surface area (Å²) in [6, 6.07) is 12.7. The standard InChI is InChI=1S/C30H36N2O8S4/c1-17(25(33)31-23(29(35)36)15-41-27(31)19-5-9-21(39-3)10-6-19)13-43-44-14-18(2)26(34)32-24(30(37)38)16-42-28(32)20-7-11-22(40-4)12-8-20/h5-12,17-18,23-24,27-28H,13-16H2,1-4H3,(H,35,36)(H,37,38)/t17-,18-,23+,24+,27?,28?/m1/s1. The minimum absolute atomic E-state index is 0.235. The van der Waals surface area contributed by atoms with Crippen molar-refractivity contribution < 1.29 is 38.9 Å². The highest BCUT2D eigenvalue weighted by Crippen LogP contribution is 2.44. The van der Waals surface area contributed by atoms with Gasteiger partial charge in [0.15, 0.2) is 0 Å². The van der Waals surface area contributed by atoms with Gasteiger partial charge >= 0.3 is 11.9 Å². The molecule has 2 fully saturated rings. The zero-order valence-corrected chi connectivity index (χ0v) is 28.0. The molecule has 2 aliphatic rings. The van der Waals surface area contributed by atoms with E-state index in [4.69, 9.17) is 9.47 Å². The summed E-state index contributed by atoms with van der Waals surface area (Å²) in [5.74, 6) is -0.622. The van der Waals surface area contributed by atoms with Crippen LogP contribution in [-0.2, 0) is 19.2 Å². The molecule has 14 heteroatoms. The van der Waals surface area contributed by atoms with Crippen molar-refractivity contribution in [1.29, 1.82) is 0 Å². The summed E-state index contributed by atoms with van der Waals surface area (Å²) in [7, 11) is 6.04. The van der Waals surface area contributed by atoms with E-state index >= 15 is 0 Å². The molecule has 2 aromatic rings. The Balaban J connectivity index is 1.35. The molecule has 0 aliphatic carbocycles. The maximum absolute atomic E-state index is 13.6. The lowest BCUT2D eigenvalue weighted by molar-refractivity contribution is -0.150. The average molecular weight is 681 g/mol. The number of nitrogens with zero attached hydrogens (tertiary/aromatic N) is 2. The highest BCUT2D eigenvalue weighted by molar-refractivity contribution is 8.76. The summed E-state index contributed by atoms with van der Waals surface area (Å²) < 4.78 is 10.5. The number of rotatable bonds is 13. The van der Waals surface area contributed by atoms with Crippen LogP contribution in [-0.4, -0.2) is 93.1 Å². The highest BCUT2D eigenvalue weighted by atomic mass is 33.1. The maximum Gasteiger partial charge on any atom is 0.327 e. The van der Waals surface area contributed by atoms with Gasteiger partial charge in [-0.2, -0.15) is 0 Å². The minimum Gasteiger partial charge on any atom is -0.497 e. The second kappa shape index (κ2) is 15.5.